The second kappa shape index (κ2) is 3.34. The molecule has 0 aliphatic heterocycles. The zero-order chi connectivity index (χ0) is 7.40. The first kappa shape index (κ1) is 7.24. The number of hydrogen-bond donors (Lipinski definition) is 2. The topological polar surface area (TPSA) is 64.1 Å². The molecule has 10 heavy (non-hydrogen) atoms. The maximum absolute atomic E-state index is 9.06. The molecule has 0 amide bonds. The fourth-order valence-electron chi connectivity index (χ4n) is 0.713. The van der Waals surface area contributed by atoms with Crippen LogP contribution in [0.4, 0.5) is 0 Å². The molecule has 1 aromatic rings. The van der Waals surface area contributed by atoms with E-state index in [1.54, 1.807) is 23.3 Å². The SMILES string of the molecule is NCC(O)Cn1ccnc1. The molecular formula is C6H11N3O. The van der Waals surface area contributed by atoms with E-state index in [0.29, 0.717) is 6.54 Å². The van der Waals surface area contributed by atoms with Gasteiger partial charge in [-0.2, -0.15) is 0 Å². The lowest BCUT2D eigenvalue weighted by molar-refractivity contribution is 0.162. The van der Waals surface area contributed by atoms with E-state index in [1.807, 2.05) is 0 Å². The van der Waals surface area contributed by atoms with E-state index in [1.165, 1.54) is 0 Å². The maximum Gasteiger partial charge on any atom is 0.0946 e. The Labute approximate surface area is 59.3 Å². The number of aromatic nitrogens is 2. The van der Waals surface area contributed by atoms with Crippen molar-refractivity contribution in [2.75, 3.05) is 6.54 Å². The van der Waals surface area contributed by atoms with E-state index in [-0.39, 0.29) is 6.54 Å². The van der Waals surface area contributed by atoms with Crippen molar-refractivity contribution >= 4 is 0 Å². The predicted molar refractivity (Wildman–Crippen MR) is 37.3 cm³/mol. The number of aliphatic hydroxyl groups is 1. The first-order valence-electron chi connectivity index (χ1n) is 3.17. The third kappa shape index (κ3) is 1.82. The van der Waals surface area contributed by atoms with Gasteiger partial charge < -0.3 is 15.4 Å². The van der Waals surface area contributed by atoms with Crippen LogP contribution in [0.5, 0.6) is 0 Å². The van der Waals surface area contributed by atoms with Gasteiger partial charge in [-0.25, -0.2) is 4.98 Å². The summed E-state index contributed by atoms with van der Waals surface area (Å²) < 4.78 is 1.79. The number of rotatable bonds is 3. The van der Waals surface area contributed by atoms with Gasteiger partial charge in [-0.3, -0.25) is 0 Å². The van der Waals surface area contributed by atoms with Crippen LogP contribution in [0, 0.1) is 0 Å². The Morgan fingerprint density at radius 1 is 1.70 bits per heavy atom. The van der Waals surface area contributed by atoms with Crippen LogP contribution in [0.3, 0.4) is 0 Å². The lowest BCUT2D eigenvalue weighted by Gasteiger charge is -2.06. The van der Waals surface area contributed by atoms with E-state index >= 15 is 0 Å². The van der Waals surface area contributed by atoms with Gasteiger partial charge in [0.1, 0.15) is 0 Å². The molecule has 1 aromatic heterocycles. The van der Waals surface area contributed by atoms with Gasteiger partial charge in [0.15, 0.2) is 0 Å². The van der Waals surface area contributed by atoms with Gasteiger partial charge >= 0.3 is 0 Å². The van der Waals surface area contributed by atoms with Crippen molar-refractivity contribution in [1.82, 2.24) is 9.55 Å². The van der Waals surface area contributed by atoms with Crippen molar-refractivity contribution in [1.29, 1.82) is 0 Å². The summed E-state index contributed by atoms with van der Waals surface area (Å²) in [5.74, 6) is 0. The minimum Gasteiger partial charge on any atom is -0.390 e. The fourth-order valence-corrected chi connectivity index (χ4v) is 0.713. The molecular weight excluding hydrogens is 130 g/mol. The largest absolute Gasteiger partial charge is 0.390 e. The van der Waals surface area contributed by atoms with Crippen LogP contribution in [-0.4, -0.2) is 27.3 Å². The summed E-state index contributed by atoms with van der Waals surface area (Å²) in [6.45, 7) is 0.814. The van der Waals surface area contributed by atoms with Crippen molar-refractivity contribution in [3.63, 3.8) is 0 Å². The van der Waals surface area contributed by atoms with Gasteiger partial charge in [-0.15, -0.1) is 0 Å². The van der Waals surface area contributed by atoms with Gasteiger partial charge in [-0.05, 0) is 0 Å². The molecule has 3 N–H and O–H groups in total. The molecule has 0 aliphatic carbocycles. The van der Waals surface area contributed by atoms with Crippen LogP contribution >= 0.6 is 0 Å². The number of aliphatic hydroxyl groups excluding tert-OH is 1. The number of nitrogens with zero attached hydrogens (tertiary/aromatic N) is 2. The monoisotopic (exact) mass is 141 g/mol. The molecule has 1 rings (SSSR count). The van der Waals surface area contributed by atoms with Crippen molar-refractivity contribution in [2.45, 2.75) is 12.6 Å². The van der Waals surface area contributed by atoms with Crippen LogP contribution in [0.15, 0.2) is 18.7 Å². The Morgan fingerprint density at radius 2 is 2.50 bits per heavy atom. The van der Waals surface area contributed by atoms with E-state index in [2.05, 4.69) is 4.98 Å². The average molecular weight is 141 g/mol. The standard InChI is InChI=1S/C6H11N3O/c7-3-6(10)4-9-2-1-8-5-9/h1-2,5-6,10H,3-4,7H2. The summed E-state index contributed by atoms with van der Waals surface area (Å²) in [4.78, 5) is 3.82. The number of nitrogens with two attached hydrogens (primary N) is 1. The summed E-state index contributed by atoms with van der Waals surface area (Å²) in [5, 5.41) is 9.06. The van der Waals surface area contributed by atoms with Crippen molar-refractivity contribution in [2.24, 2.45) is 5.73 Å². The van der Waals surface area contributed by atoms with Gasteiger partial charge in [0.25, 0.3) is 0 Å². The van der Waals surface area contributed by atoms with Gasteiger partial charge in [0.2, 0.25) is 0 Å². The highest BCUT2D eigenvalue weighted by Crippen LogP contribution is 1.89. The molecule has 0 fully saturated rings. The maximum atomic E-state index is 9.06. The van der Waals surface area contributed by atoms with Crippen LogP contribution in [0.1, 0.15) is 0 Å². The first-order chi connectivity index (χ1) is 4.83. The quantitative estimate of drug-likeness (QED) is 0.579. The zero-order valence-electron chi connectivity index (χ0n) is 5.64. The molecule has 0 spiro atoms. The van der Waals surface area contributed by atoms with Crippen molar-refractivity contribution in [3.8, 4) is 0 Å². The van der Waals surface area contributed by atoms with Crippen LogP contribution in [0.25, 0.3) is 0 Å². The van der Waals surface area contributed by atoms with E-state index < -0.39 is 6.10 Å². The third-order valence-electron chi connectivity index (χ3n) is 1.25. The van der Waals surface area contributed by atoms with Gasteiger partial charge in [0, 0.05) is 18.9 Å². The number of imidazole rings is 1. The normalized spacial score (nSPS) is 13.4. The Kier molecular flexibility index (Phi) is 2.42. The Balaban J connectivity index is 2.40. The van der Waals surface area contributed by atoms with Crippen molar-refractivity contribution < 1.29 is 5.11 Å². The molecule has 4 nitrogen and oxygen atoms in total. The molecule has 56 valence electrons. The summed E-state index contributed by atoms with van der Waals surface area (Å²) in [5.41, 5.74) is 5.20. The lowest BCUT2D eigenvalue weighted by atomic mass is 10.3. The molecule has 1 atom stereocenters. The Hall–Kier alpha value is -0.870. The summed E-state index contributed by atoms with van der Waals surface area (Å²) >= 11 is 0. The lowest BCUT2D eigenvalue weighted by Crippen LogP contribution is -2.24. The summed E-state index contributed by atoms with van der Waals surface area (Å²) in [6.07, 6.45) is 4.65. The molecule has 1 heterocycles. The average Bonchev–Trinajstić information content (AvgIpc) is 2.40. The fraction of sp³-hybridized carbons (Fsp3) is 0.500. The van der Waals surface area contributed by atoms with Crippen molar-refractivity contribution in [3.05, 3.63) is 18.7 Å². The second-order valence-corrected chi connectivity index (χ2v) is 2.15. The minimum atomic E-state index is -0.464. The Bertz CT molecular complexity index is 173. The molecule has 0 saturated heterocycles. The molecule has 0 bridgehead atoms. The molecule has 1 unspecified atom stereocenters. The van der Waals surface area contributed by atoms with Crippen LogP contribution in [0.2, 0.25) is 0 Å². The van der Waals surface area contributed by atoms with E-state index in [0.717, 1.165) is 0 Å². The summed E-state index contributed by atoms with van der Waals surface area (Å²) in [7, 11) is 0. The van der Waals surface area contributed by atoms with Gasteiger partial charge in [0.05, 0.1) is 19.0 Å². The molecule has 0 radical (unpaired) electrons. The van der Waals surface area contributed by atoms with E-state index in [4.69, 9.17) is 10.8 Å². The van der Waals surface area contributed by atoms with E-state index in [9.17, 15) is 0 Å². The van der Waals surface area contributed by atoms with Crippen LogP contribution < -0.4 is 5.73 Å². The zero-order valence-corrected chi connectivity index (χ0v) is 5.64. The highest BCUT2D eigenvalue weighted by Gasteiger charge is 1.99. The molecule has 0 aliphatic rings. The second-order valence-electron chi connectivity index (χ2n) is 2.15. The molecule has 4 heteroatoms. The smallest absolute Gasteiger partial charge is 0.0946 e. The molecule has 0 aromatic carbocycles. The van der Waals surface area contributed by atoms with Crippen LogP contribution in [-0.2, 0) is 6.54 Å². The summed E-state index contributed by atoms with van der Waals surface area (Å²) in [6, 6.07) is 0. The highest BCUT2D eigenvalue weighted by molar-refractivity contribution is 4.75. The first-order valence-corrected chi connectivity index (χ1v) is 3.17. The third-order valence-corrected chi connectivity index (χ3v) is 1.25. The predicted octanol–water partition coefficient (Wildman–Crippen LogP) is -0.797. The highest BCUT2D eigenvalue weighted by atomic mass is 16.3. The van der Waals surface area contributed by atoms with Gasteiger partial charge in [-0.1, -0.05) is 0 Å². The number of hydrogen-bond acceptors (Lipinski definition) is 3. The Morgan fingerprint density at radius 3 is 3.00 bits per heavy atom. The molecule has 0 saturated carbocycles. The minimum absolute atomic E-state index is 0.290.